The third kappa shape index (κ3) is 4.18. The van der Waals surface area contributed by atoms with Crippen LogP contribution in [-0.2, 0) is 16.0 Å². The first-order chi connectivity index (χ1) is 11.2. The second-order valence-electron chi connectivity index (χ2n) is 6.44. The first-order valence-electron chi connectivity index (χ1n) is 7.56. The molecule has 0 spiro atoms. The highest BCUT2D eigenvalue weighted by Crippen LogP contribution is 2.27. The highest BCUT2D eigenvalue weighted by Gasteiger charge is 2.25. The number of hydrogen-bond donors (Lipinski definition) is 3. The Bertz CT molecular complexity index is 745. The molecule has 1 atom stereocenters. The average Bonchev–Trinajstić information content (AvgIpc) is 2.87. The molecular weight excluding hydrogens is 312 g/mol. The fourth-order valence-corrected chi connectivity index (χ4v) is 2.39. The number of fused-ring (bicyclic) bond motifs is 1. The molecule has 2 aromatic rings. The van der Waals surface area contributed by atoms with Gasteiger partial charge in [-0.15, -0.1) is 0 Å². The SMILES string of the molecule is COc1cccc2c(CC(NC(=O)OC(C)(C)C)C(=O)O)c[nH]c12. The van der Waals surface area contributed by atoms with Gasteiger partial charge in [-0.3, -0.25) is 0 Å². The molecule has 0 aliphatic rings. The van der Waals surface area contributed by atoms with Gasteiger partial charge in [0, 0.05) is 18.0 Å². The van der Waals surface area contributed by atoms with Crippen LogP contribution in [0.4, 0.5) is 4.79 Å². The monoisotopic (exact) mass is 334 g/mol. The average molecular weight is 334 g/mol. The molecule has 3 N–H and O–H groups in total. The van der Waals surface area contributed by atoms with E-state index in [-0.39, 0.29) is 6.42 Å². The Morgan fingerprint density at radius 2 is 2.04 bits per heavy atom. The maximum atomic E-state index is 11.8. The van der Waals surface area contributed by atoms with E-state index in [4.69, 9.17) is 9.47 Å². The molecule has 0 aliphatic carbocycles. The number of ether oxygens (including phenoxy) is 2. The maximum absolute atomic E-state index is 11.8. The van der Waals surface area contributed by atoms with E-state index in [1.165, 1.54) is 0 Å². The number of amides is 1. The summed E-state index contributed by atoms with van der Waals surface area (Å²) in [5.41, 5.74) is 0.866. The van der Waals surface area contributed by atoms with Gasteiger partial charge in [0.2, 0.25) is 0 Å². The van der Waals surface area contributed by atoms with Crippen LogP contribution in [0.25, 0.3) is 10.9 Å². The number of methoxy groups -OCH3 is 1. The predicted octanol–water partition coefficient (Wildman–Crippen LogP) is 2.70. The lowest BCUT2D eigenvalue weighted by molar-refractivity contribution is -0.139. The van der Waals surface area contributed by atoms with Crippen molar-refractivity contribution in [2.24, 2.45) is 0 Å². The molecule has 1 unspecified atom stereocenters. The second kappa shape index (κ2) is 6.82. The van der Waals surface area contributed by atoms with E-state index < -0.39 is 23.7 Å². The number of H-pyrrole nitrogens is 1. The first-order valence-corrected chi connectivity index (χ1v) is 7.56. The Kier molecular flexibility index (Phi) is 5.02. The van der Waals surface area contributed by atoms with Crippen molar-refractivity contribution in [1.82, 2.24) is 10.3 Å². The zero-order valence-electron chi connectivity index (χ0n) is 14.2. The molecule has 130 valence electrons. The smallest absolute Gasteiger partial charge is 0.408 e. The quantitative estimate of drug-likeness (QED) is 0.780. The number of carbonyl (C=O) groups is 2. The van der Waals surface area contributed by atoms with Crippen molar-refractivity contribution < 1.29 is 24.2 Å². The number of aromatic nitrogens is 1. The van der Waals surface area contributed by atoms with Crippen LogP contribution in [0.3, 0.4) is 0 Å². The third-order valence-electron chi connectivity index (χ3n) is 3.40. The van der Waals surface area contributed by atoms with Gasteiger partial charge in [0.05, 0.1) is 12.6 Å². The molecule has 0 saturated heterocycles. The fraction of sp³-hybridized carbons (Fsp3) is 0.412. The molecule has 7 nitrogen and oxygen atoms in total. The molecule has 0 bridgehead atoms. The van der Waals surface area contributed by atoms with Gasteiger partial charge in [0.1, 0.15) is 17.4 Å². The molecule has 0 radical (unpaired) electrons. The summed E-state index contributed by atoms with van der Waals surface area (Å²) in [6.07, 6.45) is 1.09. The largest absolute Gasteiger partial charge is 0.495 e. The number of nitrogens with one attached hydrogen (secondary N) is 2. The molecule has 7 heteroatoms. The Morgan fingerprint density at radius 1 is 1.33 bits per heavy atom. The number of rotatable bonds is 5. The van der Waals surface area contributed by atoms with Crippen LogP contribution in [0.1, 0.15) is 26.3 Å². The van der Waals surface area contributed by atoms with E-state index in [1.807, 2.05) is 18.2 Å². The molecule has 1 amide bonds. The Balaban J connectivity index is 2.20. The van der Waals surface area contributed by atoms with Crippen molar-refractivity contribution in [3.05, 3.63) is 30.0 Å². The van der Waals surface area contributed by atoms with Gasteiger partial charge in [-0.25, -0.2) is 9.59 Å². The number of aromatic amines is 1. The summed E-state index contributed by atoms with van der Waals surface area (Å²) in [7, 11) is 1.57. The van der Waals surface area contributed by atoms with Crippen LogP contribution >= 0.6 is 0 Å². The minimum Gasteiger partial charge on any atom is -0.495 e. The van der Waals surface area contributed by atoms with Crippen molar-refractivity contribution >= 4 is 23.0 Å². The van der Waals surface area contributed by atoms with Crippen LogP contribution in [0.15, 0.2) is 24.4 Å². The van der Waals surface area contributed by atoms with E-state index >= 15 is 0 Å². The van der Waals surface area contributed by atoms with Crippen LogP contribution in [0.5, 0.6) is 5.75 Å². The highest BCUT2D eigenvalue weighted by molar-refractivity contribution is 5.89. The highest BCUT2D eigenvalue weighted by atomic mass is 16.6. The number of para-hydroxylation sites is 1. The van der Waals surface area contributed by atoms with E-state index in [2.05, 4.69) is 10.3 Å². The van der Waals surface area contributed by atoms with Crippen molar-refractivity contribution in [1.29, 1.82) is 0 Å². The van der Waals surface area contributed by atoms with Crippen LogP contribution in [0, 0.1) is 0 Å². The number of carboxylic acids is 1. The van der Waals surface area contributed by atoms with Gasteiger partial charge in [0.25, 0.3) is 0 Å². The van der Waals surface area contributed by atoms with Crippen molar-refractivity contribution in [3.8, 4) is 5.75 Å². The summed E-state index contributed by atoms with van der Waals surface area (Å²) in [4.78, 5) is 26.4. The van der Waals surface area contributed by atoms with Crippen molar-refractivity contribution in [2.45, 2.75) is 38.8 Å². The maximum Gasteiger partial charge on any atom is 0.408 e. The van der Waals surface area contributed by atoms with Gasteiger partial charge in [-0.1, -0.05) is 12.1 Å². The minimum absolute atomic E-state index is 0.127. The lowest BCUT2D eigenvalue weighted by Gasteiger charge is -2.22. The number of benzene rings is 1. The Morgan fingerprint density at radius 3 is 2.62 bits per heavy atom. The van der Waals surface area contributed by atoms with Gasteiger partial charge in [-0.05, 0) is 32.4 Å². The molecule has 1 heterocycles. The van der Waals surface area contributed by atoms with Gasteiger partial charge in [0.15, 0.2) is 0 Å². The third-order valence-corrected chi connectivity index (χ3v) is 3.40. The Labute approximate surface area is 140 Å². The first kappa shape index (κ1) is 17.7. The van der Waals surface area contributed by atoms with E-state index in [1.54, 1.807) is 34.1 Å². The standard InChI is InChI=1S/C17H22N2O5/c1-17(2,3)24-16(22)19-12(15(20)21)8-10-9-18-14-11(10)6-5-7-13(14)23-4/h5-7,9,12,18H,8H2,1-4H3,(H,19,22)(H,20,21). The van der Waals surface area contributed by atoms with Crippen LogP contribution in [0.2, 0.25) is 0 Å². The topological polar surface area (TPSA) is 101 Å². The Hall–Kier alpha value is -2.70. The molecule has 1 aromatic heterocycles. The number of alkyl carbamates (subject to hydrolysis) is 1. The van der Waals surface area contributed by atoms with Crippen LogP contribution < -0.4 is 10.1 Å². The number of carbonyl (C=O) groups excluding carboxylic acids is 1. The van der Waals surface area contributed by atoms with E-state index in [9.17, 15) is 14.7 Å². The molecule has 2 rings (SSSR count). The van der Waals surface area contributed by atoms with Gasteiger partial charge in [-0.2, -0.15) is 0 Å². The molecule has 0 saturated carbocycles. The normalized spacial score (nSPS) is 12.7. The van der Waals surface area contributed by atoms with E-state index in [0.29, 0.717) is 5.75 Å². The summed E-state index contributed by atoms with van der Waals surface area (Å²) >= 11 is 0. The van der Waals surface area contributed by atoms with Crippen molar-refractivity contribution in [3.63, 3.8) is 0 Å². The number of hydrogen-bond acceptors (Lipinski definition) is 4. The summed E-state index contributed by atoms with van der Waals surface area (Å²) in [5.74, 6) is -0.455. The minimum atomic E-state index is -1.13. The summed E-state index contributed by atoms with van der Waals surface area (Å²) in [5, 5.41) is 12.6. The molecule has 0 aliphatic heterocycles. The predicted molar refractivity (Wildman–Crippen MR) is 89.3 cm³/mol. The zero-order chi connectivity index (χ0) is 17.9. The molecule has 1 aromatic carbocycles. The van der Waals surface area contributed by atoms with Gasteiger partial charge >= 0.3 is 12.1 Å². The number of carboxylic acid groups (broad SMARTS) is 1. The molecular formula is C17H22N2O5. The van der Waals surface area contributed by atoms with Gasteiger partial charge < -0.3 is 24.9 Å². The summed E-state index contributed by atoms with van der Waals surface area (Å²) in [6.45, 7) is 5.15. The summed E-state index contributed by atoms with van der Waals surface area (Å²) in [6, 6.07) is 4.42. The lowest BCUT2D eigenvalue weighted by Crippen LogP contribution is -2.44. The zero-order valence-corrected chi connectivity index (χ0v) is 14.2. The van der Waals surface area contributed by atoms with Crippen molar-refractivity contribution in [2.75, 3.05) is 7.11 Å². The van der Waals surface area contributed by atoms with Crippen LogP contribution in [-0.4, -0.2) is 40.9 Å². The van der Waals surface area contributed by atoms with E-state index in [0.717, 1.165) is 16.5 Å². The summed E-state index contributed by atoms with van der Waals surface area (Å²) < 4.78 is 10.4. The molecule has 24 heavy (non-hydrogen) atoms. The number of aliphatic carboxylic acids is 1. The fourth-order valence-electron chi connectivity index (χ4n) is 2.39. The second-order valence-corrected chi connectivity index (χ2v) is 6.44. The molecule has 0 fully saturated rings. The lowest BCUT2D eigenvalue weighted by atomic mass is 10.0.